The van der Waals surface area contributed by atoms with Crippen LogP contribution >= 0.6 is 15.9 Å². The highest BCUT2D eigenvalue weighted by atomic mass is 79.9. The first-order valence-corrected chi connectivity index (χ1v) is 4.21. The summed E-state index contributed by atoms with van der Waals surface area (Å²) >= 11 is 3.17. The summed E-state index contributed by atoms with van der Waals surface area (Å²) in [6.07, 6.45) is 6.68. The van der Waals surface area contributed by atoms with Crippen LogP contribution in [0.2, 0.25) is 0 Å². The average Bonchev–Trinajstić information content (AvgIpc) is 1.96. The van der Waals surface area contributed by atoms with Crippen molar-refractivity contribution < 1.29 is 4.79 Å². The molecule has 0 radical (unpaired) electrons. The predicted octanol–water partition coefficient (Wildman–Crippen LogP) is 3.15. The van der Waals surface area contributed by atoms with E-state index < -0.39 is 0 Å². The maximum absolute atomic E-state index is 10.5. The van der Waals surface area contributed by atoms with E-state index in [9.17, 15) is 4.79 Å². The molecule has 2 heteroatoms. The van der Waals surface area contributed by atoms with Gasteiger partial charge < -0.3 is 0 Å². The molecule has 0 aromatic carbocycles. The van der Waals surface area contributed by atoms with Crippen LogP contribution in [0.1, 0.15) is 6.92 Å². The molecule has 0 bridgehead atoms. The minimum atomic E-state index is 0.0159. The molecule has 0 aliphatic rings. The number of allylic oxidation sites excluding steroid dienone is 6. The highest BCUT2D eigenvalue weighted by Gasteiger charge is 1.83. The Morgan fingerprint density at radius 3 is 2.08 bits per heavy atom. The van der Waals surface area contributed by atoms with Crippen LogP contribution in [0, 0.1) is 0 Å². The summed E-state index contributed by atoms with van der Waals surface area (Å²) in [6, 6.07) is 0. The van der Waals surface area contributed by atoms with E-state index in [4.69, 9.17) is 0 Å². The predicted molar refractivity (Wildman–Crippen MR) is 56.2 cm³/mol. The lowest BCUT2D eigenvalue weighted by atomic mass is 10.2. The monoisotopic (exact) mass is 226 g/mol. The van der Waals surface area contributed by atoms with Gasteiger partial charge in [0.15, 0.2) is 5.78 Å². The molecule has 0 aromatic rings. The maximum Gasteiger partial charge on any atom is 0.152 e. The summed E-state index contributed by atoms with van der Waals surface area (Å²) in [5.41, 5.74) is 0.769. The van der Waals surface area contributed by atoms with Crippen molar-refractivity contribution in [3.05, 3.63) is 47.5 Å². The highest BCUT2D eigenvalue weighted by Crippen LogP contribution is 2.05. The van der Waals surface area contributed by atoms with Gasteiger partial charge in [-0.2, -0.15) is 0 Å². The zero-order valence-electron chi connectivity index (χ0n) is 7.01. The summed E-state index contributed by atoms with van der Waals surface area (Å²) in [7, 11) is 0. The number of hydrogen-bond donors (Lipinski definition) is 0. The molecule has 0 spiro atoms. The molecule has 0 amide bonds. The van der Waals surface area contributed by atoms with Gasteiger partial charge in [0, 0.05) is 4.48 Å². The summed E-state index contributed by atoms with van der Waals surface area (Å²) in [5, 5.41) is 0. The van der Waals surface area contributed by atoms with Gasteiger partial charge in [0.05, 0.1) is 0 Å². The molecule has 0 heterocycles. The van der Waals surface area contributed by atoms with Crippen LogP contribution in [0.4, 0.5) is 0 Å². The van der Waals surface area contributed by atoms with E-state index in [-0.39, 0.29) is 5.78 Å². The second kappa shape index (κ2) is 5.72. The summed E-state index contributed by atoms with van der Waals surface area (Å²) in [4.78, 5) is 10.5. The van der Waals surface area contributed by atoms with Gasteiger partial charge >= 0.3 is 0 Å². The molecule has 0 fully saturated rings. The van der Waals surface area contributed by atoms with E-state index in [2.05, 4.69) is 29.1 Å². The van der Waals surface area contributed by atoms with Crippen LogP contribution in [0.5, 0.6) is 0 Å². The van der Waals surface area contributed by atoms with Crippen LogP contribution in [-0.2, 0) is 4.79 Å². The van der Waals surface area contributed by atoms with E-state index in [1.54, 1.807) is 18.2 Å². The van der Waals surface area contributed by atoms with Crippen molar-refractivity contribution in [2.75, 3.05) is 0 Å². The van der Waals surface area contributed by atoms with Gasteiger partial charge in [-0.05, 0) is 24.6 Å². The Morgan fingerprint density at radius 2 is 1.67 bits per heavy atom. The van der Waals surface area contributed by atoms with Crippen molar-refractivity contribution in [3.8, 4) is 0 Å². The second-order valence-electron chi connectivity index (χ2n) is 2.30. The molecule has 0 N–H and O–H groups in total. The molecule has 0 aliphatic carbocycles. The number of halogens is 1. The molecule has 0 saturated carbocycles. The number of hydrogen-bond acceptors (Lipinski definition) is 1. The van der Waals surface area contributed by atoms with Crippen LogP contribution in [0.3, 0.4) is 0 Å². The Kier molecular flexibility index (Phi) is 5.30. The first kappa shape index (κ1) is 11.1. The molecule has 12 heavy (non-hydrogen) atoms. The van der Waals surface area contributed by atoms with Crippen LogP contribution < -0.4 is 0 Å². The third-order valence-corrected chi connectivity index (χ3v) is 1.27. The lowest BCUT2D eigenvalue weighted by molar-refractivity contribution is -0.112. The van der Waals surface area contributed by atoms with E-state index in [0.29, 0.717) is 0 Å². The van der Waals surface area contributed by atoms with Crippen molar-refractivity contribution in [2.24, 2.45) is 0 Å². The molecule has 0 unspecified atom stereocenters. The van der Waals surface area contributed by atoms with E-state index >= 15 is 0 Å². The Hall–Kier alpha value is -0.890. The highest BCUT2D eigenvalue weighted by molar-refractivity contribution is 9.11. The zero-order chi connectivity index (χ0) is 9.56. The van der Waals surface area contributed by atoms with Gasteiger partial charge in [-0.25, -0.2) is 0 Å². The van der Waals surface area contributed by atoms with E-state index in [1.165, 1.54) is 13.0 Å². The van der Waals surface area contributed by atoms with Gasteiger partial charge in [-0.3, -0.25) is 4.79 Å². The van der Waals surface area contributed by atoms with Gasteiger partial charge in [0.2, 0.25) is 0 Å². The van der Waals surface area contributed by atoms with Crippen molar-refractivity contribution in [1.82, 2.24) is 0 Å². The number of ketones is 1. The third-order valence-electron chi connectivity index (χ3n) is 1.01. The van der Waals surface area contributed by atoms with Gasteiger partial charge in [-0.1, -0.05) is 41.2 Å². The summed E-state index contributed by atoms with van der Waals surface area (Å²) in [5.74, 6) is 0.0159. The molecular formula is C10H11BrO. The van der Waals surface area contributed by atoms with Crippen molar-refractivity contribution in [2.45, 2.75) is 6.92 Å². The molecule has 0 saturated heterocycles. The van der Waals surface area contributed by atoms with Crippen molar-refractivity contribution in [3.63, 3.8) is 0 Å². The largest absolute Gasteiger partial charge is 0.295 e. The Morgan fingerprint density at radius 1 is 1.17 bits per heavy atom. The first-order valence-electron chi connectivity index (χ1n) is 3.42. The number of carbonyl (C=O) groups is 1. The summed E-state index contributed by atoms with van der Waals surface area (Å²) in [6.45, 7) is 8.83. The molecule has 0 aromatic heterocycles. The van der Waals surface area contributed by atoms with E-state index in [0.717, 1.165) is 10.1 Å². The molecule has 64 valence electrons. The minimum Gasteiger partial charge on any atom is -0.295 e. The lowest BCUT2D eigenvalue weighted by Gasteiger charge is -1.87. The van der Waals surface area contributed by atoms with Crippen LogP contribution in [0.25, 0.3) is 0 Å². The third kappa shape index (κ3) is 7.22. The topological polar surface area (TPSA) is 17.1 Å². The van der Waals surface area contributed by atoms with E-state index in [1.807, 2.05) is 0 Å². The smallest absolute Gasteiger partial charge is 0.152 e. The normalized spacial score (nSPS) is 10.8. The summed E-state index contributed by atoms with van der Waals surface area (Å²) < 4.78 is 0.778. The minimum absolute atomic E-state index is 0.0159. The average molecular weight is 227 g/mol. The molecule has 0 aliphatic heterocycles. The van der Waals surface area contributed by atoms with Gasteiger partial charge in [-0.15, -0.1) is 0 Å². The van der Waals surface area contributed by atoms with Crippen molar-refractivity contribution >= 4 is 21.7 Å². The van der Waals surface area contributed by atoms with Gasteiger partial charge in [0.25, 0.3) is 0 Å². The molecule has 0 rings (SSSR count). The second-order valence-corrected chi connectivity index (χ2v) is 3.32. The number of carbonyl (C=O) groups excluding carboxylic acids is 1. The fourth-order valence-electron chi connectivity index (χ4n) is 0.477. The number of rotatable bonds is 4. The van der Waals surface area contributed by atoms with Gasteiger partial charge in [0.1, 0.15) is 0 Å². The van der Waals surface area contributed by atoms with Crippen LogP contribution in [-0.4, -0.2) is 5.78 Å². The maximum atomic E-state index is 10.5. The molecule has 0 atom stereocenters. The Bertz CT molecular complexity index is 233. The fraction of sp³-hybridized carbons (Fsp3) is 0.100. The quantitative estimate of drug-likeness (QED) is 0.532. The SMILES string of the molecule is C=C(Br)/C=C\C(=C)/C=C/C(C)=O. The Labute approximate surface area is 81.3 Å². The fourth-order valence-corrected chi connectivity index (χ4v) is 0.610. The Balaban J connectivity index is 4.07. The van der Waals surface area contributed by atoms with Crippen LogP contribution in [0.15, 0.2) is 47.5 Å². The lowest BCUT2D eigenvalue weighted by Crippen LogP contribution is -1.79. The first-order chi connectivity index (χ1) is 5.52. The zero-order valence-corrected chi connectivity index (χ0v) is 8.60. The molecule has 1 nitrogen and oxygen atoms in total. The molecular weight excluding hydrogens is 216 g/mol. The standard InChI is InChI=1S/C10H11BrO/c1-8(4-6-9(2)11)5-7-10(3)12/h4-7H,1-2H2,3H3/b6-4-,7-5+. The van der Waals surface area contributed by atoms with Crippen molar-refractivity contribution in [1.29, 1.82) is 0 Å².